The van der Waals surface area contributed by atoms with Gasteiger partial charge >= 0.3 is 0 Å². The van der Waals surface area contributed by atoms with Crippen LogP contribution in [-0.2, 0) is 6.61 Å². The Morgan fingerprint density at radius 2 is 1.95 bits per heavy atom. The first-order valence-corrected chi connectivity index (χ1v) is 7.40. The van der Waals surface area contributed by atoms with E-state index in [1.807, 2.05) is 36.4 Å². The Morgan fingerprint density at radius 1 is 1.14 bits per heavy atom. The number of ether oxygens (including phenoxy) is 1. The molecule has 0 saturated heterocycles. The molecule has 3 aromatic rings. The molecule has 0 aliphatic rings. The summed E-state index contributed by atoms with van der Waals surface area (Å²) in [6, 6.07) is 13.4. The van der Waals surface area contributed by atoms with Crippen LogP contribution >= 0.6 is 22.6 Å². The predicted molar refractivity (Wildman–Crippen MR) is 88.1 cm³/mol. The summed E-state index contributed by atoms with van der Waals surface area (Å²) in [5, 5.41) is 5.31. The first-order chi connectivity index (χ1) is 10.2. The smallest absolute Gasteiger partial charge is 0.264 e. The third-order valence-corrected chi connectivity index (χ3v) is 3.71. The van der Waals surface area contributed by atoms with Crippen LogP contribution in [0.4, 0.5) is 0 Å². The lowest BCUT2D eigenvalue weighted by atomic mass is 10.2. The molecule has 2 aromatic heterocycles. The predicted octanol–water partition coefficient (Wildman–Crippen LogP) is 2.95. The first kappa shape index (κ1) is 13.9. The van der Waals surface area contributed by atoms with Gasteiger partial charge in [0.1, 0.15) is 6.61 Å². The molecule has 106 valence electrons. The number of nitrogens with one attached hydrogen (secondary N) is 2. The van der Waals surface area contributed by atoms with Gasteiger partial charge in [0.2, 0.25) is 5.88 Å². The number of rotatable bonds is 4. The van der Waals surface area contributed by atoms with Gasteiger partial charge in [-0.05, 0) is 34.2 Å². The second kappa shape index (κ2) is 6.13. The Labute approximate surface area is 134 Å². The molecule has 2 heterocycles. The second-order valence-electron chi connectivity index (χ2n) is 4.46. The van der Waals surface area contributed by atoms with E-state index in [-0.39, 0.29) is 5.56 Å². The van der Waals surface area contributed by atoms with Crippen molar-refractivity contribution in [1.82, 2.24) is 15.2 Å². The quantitative estimate of drug-likeness (QED) is 0.670. The Kier molecular flexibility index (Phi) is 4.05. The number of aromatic nitrogens is 3. The van der Waals surface area contributed by atoms with Gasteiger partial charge in [0, 0.05) is 17.8 Å². The van der Waals surface area contributed by atoms with Crippen LogP contribution < -0.4 is 10.3 Å². The molecule has 0 aliphatic heterocycles. The second-order valence-corrected chi connectivity index (χ2v) is 5.62. The fourth-order valence-electron chi connectivity index (χ4n) is 1.89. The Hall–Kier alpha value is -2.09. The lowest BCUT2D eigenvalue weighted by Gasteiger charge is -2.08. The zero-order valence-corrected chi connectivity index (χ0v) is 13.1. The van der Waals surface area contributed by atoms with Crippen LogP contribution in [0.3, 0.4) is 0 Å². The van der Waals surface area contributed by atoms with E-state index in [0.717, 1.165) is 14.7 Å². The van der Waals surface area contributed by atoms with Crippen LogP contribution in [-0.4, -0.2) is 15.2 Å². The average Bonchev–Trinajstić information content (AvgIpc) is 2.93. The van der Waals surface area contributed by atoms with Gasteiger partial charge in [0.25, 0.3) is 5.56 Å². The minimum atomic E-state index is -0.163. The summed E-state index contributed by atoms with van der Waals surface area (Å²) in [5.41, 5.74) is 2.48. The molecule has 0 saturated carbocycles. The molecule has 0 fully saturated rings. The molecule has 0 unspecified atom stereocenters. The van der Waals surface area contributed by atoms with E-state index in [1.165, 1.54) is 6.07 Å². The van der Waals surface area contributed by atoms with Gasteiger partial charge in [0.15, 0.2) is 0 Å². The highest BCUT2D eigenvalue weighted by Gasteiger charge is 2.07. The van der Waals surface area contributed by atoms with Gasteiger partial charge in [0.05, 0.1) is 9.26 Å². The van der Waals surface area contributed by atoms with E-state index in [0.29, 0.717) is 18.2 Å². The molecule has 2 N–H and O–H groups in total. The zero-order valence-electron chi connectivity index (χ0n) is 11.0. The van der Waals surface area contributed by atoms with Crippen LogP contribution in [0.25, 0.3) is 11.3 Å². The summed E-state index contributed by atoms with van der Waals surface area (Å²) in [5.74, 6) is 0.584. The van der Waals surface area contributed by atoms with Crippen LogP contribution in [0.5, 0.6) is 5.88 Å². The molecule has 0 bridgehead atoms. The molecule has 21 heavy (non-hydrogen) atoms. The normalized spacial score (nSPS) is 10.5. The van der Waals surface area contributed by atoms with Crippen molar-refractivity contribution in [1.29, 1.82) is 0 Å². The first-order valence-electron chi connectivity index (χ1n) is 6.33. The van der Waals surface area contributed by atoms with E-state index in [1.54, 1.807) is 6.20 Å². The third-order valence-electron chi connectivity index (χ3n) is 2.93. The van der Waals surface area contributed by atoms with Crippen LogP contribution in [0.2, 0.25) is 0 Å². The van der Waals surface area contributed by atoms with Gasteiger partial charge < -0.3 is 4.74 Å². The van der Waals surface area contributed by atoms with Crippen molar-refractivity contribution in [2.45, 2.75) is 6.61 Å². The average molecular weight is 393 g/mol. The lowest BCUT2D eigenvalue weighted by molar-refractivity contribution is 0.291. The molecular weight excluding hydrogens is 381 g/mol. The van der Waals surface area contributed by atoms with Gasteiger partial charge in [-0.15, -0.1) is 0 Å². The zero-order chi connectivity index (χ0) is 14.7. The molecule has 0 spiro atoms. The Balaban J connectivity index is 1.77. The van der Waals surface area contributed by atoms with E-state index in [4.69, 9.17) is 4.74 Å². The minimum absolute atomic E-state index is 0.163. The minimum Gasteiger partial charge on any atom is -0.472 e. The van der Waals surface area contributed by atoms with Crippen molar-refractivity contribution in [2.75, 3.05) is 0 Å². The van der Waals surface area contributed by atoms with Crippen molar-refractivity contribution in [3.05, 3.63) is 68.1 Å². The van der Waals surface area contributed by atoms with Crippen molar-refractivity contribution in [2.24, 2.45) is 0 Å². The van der Waals surface area contributed by atoms with E-state index >= 15 is 0 Å². The summed E-state index contributed by atoms with van der Waals surface area (Å²) in [4.78, 5) is 15.5. The fourth-order valence-corrected chi connectivity index (χ4v) is 2.52. The van der Waals surface area contributed by atoms with Crippen molar-refractivity contribution in [3.8, 4) is 17.1 Å². The van der Waals surface area contributed by atoms with Crippen molar-refractivity contribution >= 4 is 22.6 Å². The number of hydrogen-bond acceptors (Lipinski definition) is 3. The highest BCUT2D eigenvalue weighted by Crippen LogP contribution is 2.24. The largest absolute Gasteiger partial charge is 0.472 e. The van der Waals surface area contributed by atoms with Crippen LogP contribution in [0.1, 0.15) is 5.56 Å². The number of hydrogen-bond donors (Lipinski definition) is 2. The van der Waals surface area contributed by atoms with Gasteiger partial charge in [-0.2, -0.15) is 0 Å². The Bertz CT molecular complexity index is 796. The van der Waals surface area contributed by atoms with Gasteiger partial charge in [-0.1, -0.05) is 30.3 Å². The highest BCUT2D eigenvalue weighted by atomic mass is 127. The SMILES string of the molecule is O=c1cc(-c2cnc(OCc3ccccc3)c(I)c2)[nH][nH]1. The van der Waals surface area contributed by atoms with E-state index in [2.05, 4.69) is 37.8 Å². The number of benzene rings is 1. The molecule has 1 aromatic carbocycles. The summed E-state index contributed by atoms with van der Waals surface area (Å²) < 4.78 is 6.61. The molecule has 3 rings (SSSR count). The standard InChI is InChI=1S/C15H12IN3O2/c16-12-6-11(13-7-14(20)19-18-13)8-17-15(12)21-9-10-4-2-1-3-5-10/h1-8H,9H2,(H2,18,19,20). The molecule has 5 nitrogen and oxygen atoms in total. The summed E-state index contributed by atoms with van der Waals surface area (Å²) in [6.45, 7) is 0.476. The van der Waals surface area contributed by atoms with Crippen molar-refractivity contribution < 1.29 is 4.74 Å². The van der Waals surface area contributed by atoms with Gasteiger partial charge in [-0.3, -0.25) is 15.0 Å². The lowest BCUT2D eigenvalue weighted by Crippen LogP contribution is -1.99. The van der Waals surface area contributed by atoms with Crippen LogP contribution in [0, 0.1) is 3.57 Å². The maximum atomic E-state index is 11.1. The summed E-state index contributed by atoms with van der Waals surface area (Å²) >= 11 is 2.17. The number of halogens is 1. The maximum absolute atomic E-state index is 11.1. The third kappa shape index (κ3) is 3.33. The number of nitrogens with zero attached hydrogens (tertiary/aromatic N) is 1. The summed E-state index contributed by atoms with van der Waals surface area (Å²) in [6.07, 6.45) is 1.68. The number of pyridine rings is 1. The highest BCUT2D eigenvalue weighted by molar-refractivity contribution is 14.1. The molecule has 6 heteroatoms. The molecular formula is C15H12IN3O2. The number of H-pyrrole nitrogens is 2. The van der Waals surface area contributed by atoms with Crippen molar-refractivity contribution in [3.63, 3.8) is 0 Å². The molecule has 0 aliphatic carbocycles. The topological polar surface area (TPSA) is 70.8 Å². The number of aromatic amines is 2. The molecule has 0 radical (unpaired) electrons. The Morgan fingerprint density at radius 3 is 2.62 bits per heavy atom. The maximum Gasteiger partial charge on any atom is 0.264 e. The molecule has 0 amide bonds. The molecule has 0 atom stereocenters. The van der Waals surface area contributed by atoms with Crippen LogP contribution in [0.15, 0.2) is 53.5 Å². The van der Waals surface area contributed by atoms with E-state index in [9.17, 15) is 4.79 Å². The fraction of sp³-hybridized carbons (Fsp3) is 0.0667. The summed E-state index contributed by atoms with van der Waals surface area (Å²) in [7, 11) is 0. The monoisotopic (exact) mass is 393 g/mol. The van der Waals surface area contributed by atoms with E-state index < -0.39 is 0 Å². The van der Waals surface area contributed by atoms with Gasteiger partial charge in [-0.25, -0.2) is 4.98 Å².